The zero-order chi connectivity index (χ0) is 38.4. The van der Waals surface area contributed by atoms with Crippen LogP contribution in [0.4, 0.5) is 0 Å². The molecule has 0 aromatic carbocycles. The molecule has 10 nitrogen and oxygen atoms in total. The van der Waals surface area contributed by atoms with Crippen molar-refractivity contribution in [2.45, 2.75) is 199 Å². The SMILES string of the molecule is CCCCCCC/C=C/CCCCCCCC(=O)O[C@H](COC(=O)CCCC/C=C/CCCCCCCCCCC)COP(=O)(O)OC[C@@H](O)CO. The maximum atomic E-state index is 12.6. The summed E-state index contributed by atoms with van der Waals surface area (Å²) in [5, 5.41) is 18.3. The summed E-state index contributed by atoms with van der Waals surface area (Å²) in [4.78, 5) is 34.9. The molecule has 0 aromatic heterocycles. The largest absolute Gasteiger partial charge is 0.472 e. The normalized spacial score (nSPS) is 14.2. The highest BCUT2D eigenvalue weighted by Crippen LogP contribution is 2.43. The van der Waals surface area contributed by atoms with Gasteiger partial charge in [0, 0.05) is 12.8 Å². The number of hydrogen-bond acceptors (Lipinski definition) is 9. The van der Waals surface area contributed by atoms with Crippen LogP contribution < -0.4 is 0 Å². The van der Waals surface area contributed by atoms with Gasteiger partial charge in [-0.15, -0.1) is 0 Å². The Hall–Kier alpha value is -1.55. The van der Waals surface area contributed by atoms with Crippen LogP contribution in [0.1, 0.15) is 187 Å². The Morgan fingerprint density at radius 1 is 0.558 bits per heavy atom. The summed E-state index contributed by atoms with van der Waals surface area (Å²) in [6.45, 7) is 2.34. The molecule has 0 radical (unpaired) electrons. The maximum Gasteiger partial charge on any atom is 0.472 e. The van der Waals surface area contributed by atoms with Gasteiger partial charge in [-0.2, -0.15) is 0 Å². The highest BCUT2D eigenvalue weighted by atomic mass is 31.2. The number of phosphoric ester groups is 1. The molecule has 11 heteroatoms. The van der Waals surface area contributed by atoms with Crippen LogP contribution in [0.3, 0.4) is 0 Å². The summed E-state index contributed by atoms with van der Waals surface area (Å²) in [7, 11) is -4.62. The number of esters is 2. The lowest BCUT2D eigenvalue weighted by Gasteiger charge is -2.20. The molecule has 0 aliphatic rings. The Kier molecular flexibility index (Phi) is 36.6. The fourth-order valence-corrected chi connectivity index (χ4v) is 6.36. The molecule has 0 rings (SSSR count). The van der Waals surface area contributed by atoms with Gasteiger partial charge in [0.1, 0.15) is 12.7 Å². The third kappa shape index (κ3) is 36.8. The summed E-state index contributed by atoms with van der Waals surface area (Å²) in [6.07, 6.45) is 35.7. The van der Waals surface area contributed by atoms with Gasteiger partial charge >= 0.3 is 19.8 Å². The second kappa shape index (κ2) is 37.8. The van der Waals surface area contributed by atoms with E-state index in [-0.39, 0.29) is 19.4 Å². The van der Waals surface area contributed by atoms with Crippen molar-refractivity contribution >= 4 is 19.8 Å². The van der Waals surface area contributed by atoms with E-state index in [1.54, 1.807) is 0 Å². The highest BCUT2D eigenvalue weighted by molar-refractivity contribution is 7.47. The minimum atomic E-state index is -4.62. The zero-order valence-electron chi connectivity index (χ0n) is 33.0. The fraction of sp³-hybridized carbons (Fsp3) is 0.854. The Balaban J connectivity index is 4.36. The molecular weight excluding hydrogens is 683 g/mol. The average molecular weight is 761 g/mol. The lowest BCUT2D eigenvalue weighted by molar-refractivity contribution is -0.161. The standard InChI is InChI=1S/C41H77O10P/c1-3-5-7-9-11-13-15-17-19-21-22-24-26-28-30-32-40(44)48-36-39(37-50-52(46,47)49-35-38(43)34-42)51-41(45)33-31-29-27-25-23-20-18-16-14-12-10-8-6-4-2/h16,18,22,24,38-39,42-43H,3-15,17,19-21,23,25-37H2,1-2H3,(H,46,47)/b18-16+,24-22+/t38-,39+/m0/s1. The van der Waals surface area contributed by atoms with E-state index in [1.807, 2.05) is 0 Å². The zero-order valence-corrected chi connectivity index (χ0v) is 33.9. The van der Waals surface area contributed by atoms with Gasteiger partial charge in [-0.1, -0.05) is 134 Å². The number of carbonyl (C=O) groups excluding carboxylic acids is 2. The fourth-order valence-electron chi connectivity index (χ4n) is 5.57. The van der Waals surface area contributed by atoms with Crippen LogP contribution in [0.25, 0.3) is 0 Å². The van der Waals surface area contributed by atoms with Crippen molar-refractivity contribution in [3.63, 3.8) is 0 Å². The lowest BCUT2D eigenvalue weighted by Crippen LogP contribution is -2.29. The van der Waals surface area contributed by atoms with Crippen LogP contribution in [-0.2, 0) is 32.7 Å². The molecule has 1 unspecified atom stereocenters. The molecule has 52 heavy (non-hydrogen) atoms. The number of ether oxygens (including phenoxy) is 2. The molecule has 0 saturated heterocycles. The molecule has 3 atom stereocenters. The molecule has 0 aliphatic heterocycles. The van der Waals surface area contributed by atoms with Crippen LogP contribution in [0.15, 0.2) is 24.3 Å². The Morgan fingerprint density at radius 3 is 1.42 bits per heavy atom. The van der Waals surface area contributed by atoms with Crippen LogP contribution in [-0.4, -0.2) is 65.7 Å². The minimum Gasteiger partial charge on any atom is -0.462 e. The number of unbranched alkanes of at least 4 members (excludes halogenated alkanes) is 21. The number of carbonyl (C=O) groups is 2. The Morgan fingerprint density at radius 2 is 0.942 bits per heavy atom. The van der Waals surface area contributed by atoms with Crippen molar-refractivity contribution in [3.05, 3.63) is 24.3 Å². The van der Waals surface area contributed by atoms with E-state index in [2.05, 4.69) is 42.7 Å². The van der Waals surface area contributed by atoms with Gasteiger partial charge in [-0.05, 0) is 64.2 Å². The van der Waals surface area contributed by atoms with Crippen molar-refractivity contribution < 1.29 is 47.8 Å². The van der Waals surface area contributed by atoms with E-state index < -0.39 is 51.8 Å². The van der Waals surface area contributed by atoms with Crippen molar-refractivity contribution in [1.29, 1.82) is 0 Å². The van der Waals surface area contributed by atoms with Crippen LogP contribution in [0, 0.1) is 0 Å². The summed E-state index contributed by atoms with van der Waals surface area (Å²) in [5.41, 5.74) is 0. The second-order valence-electron chi connectivity index (χ2n) is 14.0. The minimum absolute atomic E-state index is 0.172. The first-order chi connectivity index (χ1) is 25.2. The third-order valence-corrected chi connectivity index (χ3v) is 9.78. The number of aliphatic hydroxyl groups is 2. The number of phosphoric acid groups is 1. The molecule has 0 fully saturated rings. The van der Waals surface area contributed by atoms with Gasteiger partial charge in [0.05, 0.1) is 19.8 Å². The molecule has 0 spiro atoms. The first-order valence-electron chi connectivity index (χ1n) is 20.8. The molecule has 0 bridgehead atoms. The van der Waals surface area contributed by atoms with Crippen molar-refractivity contribution in [3.8, 4) is 0 Å². The van der Waals surface area contributed by atoms with Crippen LogP contribution in [0.5, 0.6) is 0 Å². The van der Waals surface area contributed by atoms with E-state index in [0.29, 0.717) is 12.8 Å². The monoisotopic (exact) mass is 761 g/mol. The van der Waals surface area contributed by atoms with E-state index in [4.69, 9.17) is 19.1 Å². The molecule has 0 heterocycles. The lowest BCUT2D eigenvalue weighted by atomic mass is 10.1. The van der Waals surface area contributed by atoms with E-state index in [0.717, 1.165) is 57.8 Å². The predicted molar refractivity (Wildman–Crippen MR) is 210 cm³/mol. The first kappa shape index (κ1) is 50.5. The van der Waals surface area contributed by atoms with Crippen molar-refractivity contribution in [1.82, 2.24) is 0 Å². The van der Waals surface area contributed by atoms with E-state index in [1.165, 1.54) is 89.9 Å². The van der Waals surface area contributed by atoms with Gasteiger partial charge in [-0.3, -0.25) is 18.6 Å². The number of rotatable bonds is 39. The highest BCUT2D eigenvalue weighted by Gasteiger charge is 2.27. The Labute approximate surface area is 317 Å². The summed E-state index contributed by atoms with van der Waals surface area (Å²) in [6, 6.07) is 0. The van der Waals surface area contributed by atoms with Crippen molar-refractivity contribution in [2.24, 2.45) is 0 Å². The molecule has 0 saturated carbocycles. The second-order valence-corrected chi connectivity index (χ2v) is 15.5. The summed E-state index contributed by atoms with van der Waals surface area (Å²) < 4.78 is 32.6. The van der Waals surface area contributed by atoms with Gasteiger partial charge < -0.3 is 24.6 Å². The number of allylic oxidation sites excluding steroid dienone is 4. The van der Waals surface area contributed by atoms with Gasteiger partial charge in [0.2, 0.25) is 0 Å². The Bertz CT molecular complexity index is 925. The molecule has 0 aliphatic carbocycles. The van der Waals surface area contributed by atoms with E-state index in [9.17, 15) is 24.2 Å². The van der Waals surface area contributed by atoms with Gasteiger partial charge in [0.15, 0.2) is 6.10 Å². The smallest absolute Gasteiger partial charge is 0.462 e. The average Bonchev–Trinajstić information content (AvgIpc) is 3.13. The predicted octanol–water partition coefficient (Wildman–Crippen LogP) is 10.6. The molecule has 0 amide bonds. The third-order valence-electron chi connectivity index (χ3n) is 8.83. The number of aliphatic hydroxyl groups excluding tert-OH is 2. The number of hydrogen-bond donors (Lipinski definition) is 3. The van der Waals surface area contributed by atoms with Crippen molar-refractivity contribution in [2.75, 3.05) is 26.4 Å². The van der Waals surface area contributed by atoms with Crippen LogP contribution >= 0.6 is 7.82 Å². The van der Waals surface area contributed by atoms with Gasteiger partial charge in [-0.25, -0.2) is 4.57 Å². The van der Waals surface area contributed by atoms with Crippen LogP contribution in [0.2, 0.25) is 0 Å². The maximum absolute atomic E-state index is 12.6. The topological polar surface area (TPSA) is 149 Å². The van der Waals surface area contributed by atoms with E-state index >= 15 is 0 Å². The molecule has 3 N–H and O–H groups in total. The van der Waals surface area contributed by atoms with Gasteiger partial charge in [0.25, 0.3) is 0 Å². The first-order valence-corrected chi connectivity index (χ1v) is 22.3. The molecule has 306 valence electrons. The summed E-state index contributed by atoms with van der Waals surface area (Å²) >= 11 is 0. The quantitative estimate of drug-likeness (QED) is 0.0239. The molecule has 0 aromatic rings. The summed E-state index contributed by atoms with van der Waals surface area (Å²) in [5.74, 6) is -0.957. The molecular formula is C41H77O10P.